The number of ether oxygens (including phenoxy) is 1. The number of carbonyl (C=O) groups is 1. The van der Waals surface area contributed by atoms with Crippen molar-refractivity contribution in [1.82, 2.24) is 0 Å². The van der Waals surface area contributed by atoms with Crippen LogP contribution in [0.1, 0.15) is 15.2 Å². The lowest BCUT2D eigenvalue weighted by molar-refractivity contribution is -0.380. The van der Waals surface area contributed by atoms with Crippen LogP contribution in [0.4, 0.5) is 5.00 Å². The number of thiophene rings is 1. The van der Waals surface area contributed by atoms with Gasteiger partial charge in [0.25, 0.3) is 0 Å². The second-order valence-electron chi connectivity index (χ2n) is 5.03. The van der Waals surface area contributed by atoms with Gasteiger partial charge in [0.15, 0.2) is 0 Å². The molecular weight excluding hydrogens is 326 g/mol. The van der Waals surface area contributed by atoms with Crippen molar-refractivity contribution >= 4 is 22.3 Å². The van der Waals surface area contributed by atoms with Crippen molar-refractivity contribution in [3.63, 3.8) is 0 Å². The van der Waals surface area contributed by atoms with Crippen molar-refractivity contribution in [2.45, 2.75) is 6.61 Å². The maximum Gasteiger partial charge on any atom is 0.348 e. The van der Waals surface area contributed by atoms with Crippen LogP contribution in [0, 0.1) is 10.1 Å². The Balaban J connectivity index is 1.62. The predicted molar refractivity (Wildman–Crippen MR) is 92.0 cm³/mol. The van der Waals surface area contributed by atoms with Gasteiger partial charge < -0.3 is 4.74 Å². The van der Waals surface area contributed by atoms with Gasteiger partial charge in [-0.15, -0.1) is 0 Å². The molecule has 0 aliphatic heterocycles. The standard InChI is InChI=1S/C18H13NO4S/c20-18(16-10-11-17(24-16)19(21)22)23-12-13-6-8-15(9-7-13)14-4-2-1-3-5-14/h1-11H,12H2. The summed E-state index contributed by atoms with van der Waals surface area (Å²) in [6, 6.07) is 20.4. The summed E-state index contributed by atoms with van der Waals surface area (Å²) in [4.78, 5) is 22.2. The predicted octanol–water partition coefficient (Wildman–Crippen LogP) is 4.68. The minimum atomic E-state index is -0.555. The maximum absolute atomic E-state index is 11.9. The minimum Gasteiger partial charge on any atom is -0.457 e. The number of esters is 1. The maximum atomic E-state index is 11.9. The molecular formula is C18H13NO4S. The topological polar surface area (TPSA) is 69.4 Å². The molecule has 3 rings (SSSR count). The van der Waals surface area contributed by atoms with E-state index in [9.17, 15) is 14.9 Å². The molecule has 6 heteroatoms. The van der Waals surface area contributed by atoms with E-state index in [1.54, 1.807) is 0 Å². The van der Waals surface area contributed by atoms with Gasteiger partial charge in [-0.05, 0) is 22.8 Å². The lowest BCUT2D eigenvalue weighted by atomic mass is 10.0. The van der Waals surface area contributed by atoms with Gasteiger partial charge in [-0.1, -0.05) is 65.9 Å². The fourth-order valence-electron chi connectivity index (χ4n) is 2.18. The lowest BCUT2D eigenvalue weighted by Gasteiger charge is -2.05. The van der Waals surface area contributed by atoms with Crippen molar-refractivity contribution in [1.29, 1.82) is 0 Å². The summed E-state index contributed by atoms with van der Waals surface area (Å²) in [5, 5.41) is 10.6. The van der Waals surface area contributed by atoms with Gasteiger partial charge in [0, 0.05) is 6.07 Å². The Bertz CT molecular complexity index is 856. The summed E-state index contributed by atoms with van der Waals surface area (Å²) in [7, 11) is 0. The first-order valence-corrected chi connectivity index (χ1v) is 8.01. The molecule has 0 aliphatic rings. The highest BCUT2D eigenvalue weighted by molar-refractivity contribution is 7.17. The summed E-state index contributed by atoms with van der Waals surface area (Å²) in [6.45, 7) is 0.125. The van der Waals surface area contributed by atoms with Crippen LogP contribution in [0.25, 0.3) is 11.1 Å². The van der Waals surface area contributed by atoms with Crippen LogP contribution in [0.5, 0.6) is 0 Å². The minimum absolute atomic E-state index is 0.0748. The van der Waals surface area contributed by atoms with Crippen molar-refractivity contribution in [3.8, 4) is 11.1 Å². The molecule has 0 bridgehead atoms. The van der Waals surface area contributed by atoms with Gasteiger partial charge >= 0.3 is 11.0 Å². The molecule has 3 aromatic rings. The second-order valence-corrected chi connectivity index (χ2v) is 6.10. The highest BCUT2D eigenvalue weighted by Crippen LogP contribution is 2.25. The Morgan fingerprint density at radius 2 is 1.62 bits per heavy atom. The third-order valence-electron chi connectivity index (χ3n) is 3.40. The van der Waals surface area contributed by atoms with Crippen molar-refractivity contribution in [2.24, 2.45) is 0 Å². The first kappa shape index (κ1) is 15.9. The number of nitro groups is 1. The summed E-state index contributed by atoms with van der Waals surface area (Å²) in [6.07, 6.45) is 0. The third-order valence-corrected chi connectivity index (χ3v) is 4.42. The largest absolute Gasteiger partial charge is 0.457 e. The van der Waals surface area contributed by atoms with Crippen LogP contribution in [-0.2, 0) is 11.3 Å². The zero-order valence-corrected chi connectivity index (χ0v) is 13.4. The molecule has 5 nitrogen and oxygen atoms in total. The molecule has 0 spiro atoms. The van der Waals surface area contributed by atoms with Crippen molar-refractivity contribution in [2.75, 3.05) is 0 Å². The molecule has 0 radical (unpaired) electrons. The Morgan fingerprint density at radius 1 is 0.958 bits per heavy atom. The molecule has 0 aliphatic carbocycles. The van der Waals surface area contributed by atoms with E-state index in [2.05, 4.69) is 0 Å². The van der Waals surface area contributed by atoms with E-state index in [0.29, 0.717) is 0 Å². The molecule has 0 N–H and O–H groups in total. The molecule has 24 heavy (non-hydrogen) atoms. The number of rotatable bonds is 5. The van der Waals surface area contributed by atoms with E-state index in [-0.39, 0.29) is 16.5 Å². The average Bonchev–Trinajstić information content (AvgIpc) is 3.11. The highest BCUT2D eigenvalue weighted by atomic mass is 32.1. The van der Waals surface area contributed by atoms with E-state index >= 15 is 0 Å². The Kier molecular flexibility index (Phi) is 4.67. The fourth-order valence-corrected chi connectivity index (χ4v) is 2.89. The highest BCUT2D eigenvalue weighted by Gasteiger charge is 2.16. The van der Waals surface area contributed by atoms with Crippen LogP contribution >= 0.6 is 11.3 Å². The zero-order chi connectivity index (χ0) is 16.9. The number of nitrogens with zero attached hydrogens (tertiary/aromatic N) is 1. The molecule has 0 amide bonds. The summed E-state index contributed by atoms with van der Waals surface area (Å²) >= 11 is 0.810. The SMILES string of the molecule is O=C(OCc1ccc(-c2ccccc2)cc1)c1ccc([N+](=O)[O-])s1. The third kappa shape index (κ3) is 3.67. The van der Waals surface area contributed by atoms with E-state index in [0.717, 1.165) is 28.0 Å². The molecule has 0 saturated carbocycles. The van der Waals surface area contributed by atoms with E-state index in [1.807, 2.05) is 54.6 Å². The number of benzene rings is 2. The molecule has 2 aromatic carbocycles. The van der Waals surface area contributed by atoms with Crippen LogP contribution in [0.2, 0.25) is 0 Å². The zero-order valence-electron chi connectivity index (χ0n) is 12.5. The number of hydrogen-bond donors (Lipinski definition) is 0. The number of hydrogen-bond acceptors (Lipinski definition) is 5. The van der Waals surface area contributed by atoms with Gasteiger partial charge in [0.05, 0.1) is 4.92 Å². The summed E-state index contributed by atoms with van der Waals surface area (Å²) in [5.41, 5.74) is 3.06. The summed E-state index contributed by atoms with van der Waals surface area (Å²) in [5.74, 6) is -0.555. The van der Waals surface area contributed by atoms with Gasteiger partial charge in [0.1, 0.15) is 11.5 Å². The Hall–Kier alpha value is -2.99. The Morgan fingerprint density at radius 3 is 2.25 bits per heavy atom. The number of carbonyl (C=O) groups excluding carboxylic acids is 1. The van der Waals surface area contributed by atoms with Crippen LogP contribution < -0.4 is 0 Å². The molecule has 0 unspecified atom stereocenters. The van der Waals surface area contributed by atoms with E-state index in [1.165, 1.54) is 12.1 Å². The lowest BCUT2D eigenvalue weighted by Crippen LogP contribution is -2.03. The van der Waals surface area contributed by atoms with Gasteiger partial charge in [-0.3, -0.25) is 10.1 Å². The molecule has 0 atom stereocenters. The molecule has 1 aromatic heterocycles. The van der Waals surface area contributed by atoms with E-state index < -0.39 is 10.9 Å². The van der Waals surface area contributed by atoms with Crippen molar-refractivity contribution in [3.05, 3.63) is 87.3 Å². The van der Waals surface area contributed by atoms with Crippen LogP contribution in [0.3, 0.4) is 0 Å². The van der Waals surface area contributed by atoms with Gasteiger partial charge in [-0.25, -0.2) is 4.79 Å². The summed E-state index contributed by atoms with van der Waals surface area (Å²) < 4.78 is 5.20. The normalized spacial score (nSPS) is 10.3. The van der Waals surface area contributed by atoms with Crippen LogP contribution in [-0.4, -0.2) is 10.9 Å². The van der Waals surface area contributed by atoms with Crippen molar-refractivity contribution < 1.29 is 14.5 Å². The monoisotopic (exact) mass is 339 g/mol. The molecule has 0 fully saturated rings. The second kappa shape index (κ2) is 7.06. The van der Waals surface area contributed by atoms with E-state index in [4.69, 9.17) is 4.74 Å². The smallest absolute Gasteiger partial charge is 0.348 e. The first-order valence-electron chi connectivity index (χ1n) is 7.19. The molecule has 1 heterocycles. The fraction of sp³-hybridized carbons (Fsp3) is 0.0556. The quantitative estimate of drug-likeness (QED) is 0.384. The first-order chi connectivity index (χ1) is 11.6. The van der Waals surface area contributed by atoms with Gasteiger partial charge in [0.2, 0.25) is 0 Å². The molecule has 120 valence electrons. The van der Waals surface area contributed by atoms with Crippen LogP contribution in [0.15, 0.2) is 66.7 Å². The Labute approximate surface area is 142 Å². The molecule has 0 saturated heterocycles. The van der Waals surface area contributed by atoms with Gasteiger partial charge in [-0.2, -0.15) is 0 Å². The average molecular weight is 339 g/mol.